The Morgan fingerprint density at radius 3 is 1.69 bits per heavy atom. The Morgan fingerprint density at radius 2 is 1.17 bits per heavy atom. The van der Waals surface area contributed by atoms with Gasteiger partial charge in [0.05, 0.1) is 51.0 Å². The highest BCUT2D eigenvalue weighted by Gasteiger charge is 2.39. The number of methoxy groups -OCH3 is 2. The molecule has 4 heterocycles. The fourth-order valence-electron chi connectivity index (χ4n) is 8.22. The number of esters is 2. The van der Waals surface area contributed by atoms with Crippen molar-refractivity contribution in [1.29, 1.82) is 0 Å². The van der Waals surface area contributed by atoms with Crippen molar-refractivity contribution >= 4 is 35.0 Å². The first-order valence-corrected chi connectivity index (χ1v) is 19.4. The van der Waals surface area contributed by atoms with Crippen LogP contribution < -0.4 is 0 Å². The van der Waals surface area contributed by atoms with E-state index < -0.39 is 11.8 Å². The quantitative estimate of drug-likeness (QED) is 0.179. The number of carbonyl (C=O) groups excluding carboxylic acids is 4. The van der Waals surface area contributed by atoms with Crippen molar-refractivity contribution in [3.63, 3.8) is 0 Å². The van der Waals surface area contributed by atoms with Gasteiger partial charge in [-0.15, -0.1) is 0 Å². The number of nitrogens with one attached hydrogen (secondary N) is 1. The number of aromatic nitrogens is 1. The zero-order chi connectivity index (χ0) is 38.5. The number of benzene rings is 2. The molecule has 10 heteroatoms. The summed E-state index contributed by atoms with van der Waals surface area (Å²) in [7, 11) is 2.73. The first kappa shape index (κ1) is 38.7. The van der Waals surface area contributed by atoms with E-state index in [0.29, 0.717) is 19.5 Å². The maximum Gasteiger partial charge on any atom is 0.306 e. The number of ether oxygens (including phenoxy) is 2. The summed E-state index contributed by atoms with van der Waals surface area (Å²) < 4.78 is 9.75. The second-order valence-electron chi connectivity index (χ2n) is 15.6. The predicted octanol–water partition coefficient (Wildman–Crippen LogP) is 7.86. The van der Waals surface area contributed by atoms with E-state index in [1.807, 2.05) is 43.7 Å². The summed E-state index contributed by atoms with van der Waals surface area (Å²) >= 11 is 0. The van der Waals surface area contributed by atoms with Crippen molar-refractivity contribution in [2.45, 2.75) is 84.7 Å². The third kappa shape index (κ3) is 8.37. The van der Waals surface area contributed by atoms with Gasteiger partial charge in [-0.2, -0.15) is 0 Å². The van der Waals surface area contributed by atoms with Crippen molar-refractivity contribution < 1.29 is 28.7 Å². The average molecular weight is 735 g/mol. The summed E-state index contributed by atoms with van der Waals surface area (Å²) in [5.41, 5.74) is 8.54. The lowest BCUT2D eigenvalue weighted by molar-refractivity contribution is -0.148. The van der Waals surface area contributed by atoms with Crippen molar-refractivity contribution in [2.75, 3.05) is 27.3 Å². The molecule has 286 valence electrons. The fraction of sp³-hybridized carbons (Fsp3) is 0.477. The second kappa shape index (κ2) is 17.0. The van der Waals surface area contributed by atoms with Gasteiger partial charge in [0, 0.05) is 42.8 Å². The molecule has 4 atom stereocenters. The third-order valence-corrected chi connectivity index (χ3v) is 11.5. The van der Waals surface area contributed by atoms with Crippen LogP contribution in [-0.2, 0) is 28.7 Å². The van der Waals surface area contributed by atoms with Crippen LogP contribution in [0.15, 0.2) is 71.9 Å². The minimum atomic E-state index is -0.404. The smallest absolute Gasteiger partial charge is 0.306 e. The molecule has 2 amide bonds. The van der Waals surface area contributed by atoms with Crippen molar-refractivity contribution in [1.82, 2.24) is 14.8 Å². The molecule has 54 heavy (non-hydrogen) atoms. The van der Waals surface area contributed by atoms with Gasteiger partial charge in [0.25, 0.3) is 0 Å². The van der Waals surface area contributed by atoms with E-state index >= 15 is 0 Å². The number of likely N-dealkylation sites (tertiary alicyclic amines) is 2. The van der Waals surface area contributed by atoms with Gasteiger partial charge >= 0.3 is 11.9 Å². The van der Waals surface area contributed by atoms with Crippen LogP contribution in [-0.4, -0.2) is 77.6 Å². The molecule has 0 saturated carbocycles. The zero-order valence-electron chi connectivity index (χ0n) is 32.5. The highest BCUT2D eigenvalue weighted by atomic mass is 16.5. The third-order valence-electron chi connectivity index (χ3n) is 11.5. The monoisotopic (exact) mass is 734 g/mol. The number of hydrogen-bond donors (Lipinski definition) is 1. The van der Waals surface area contributed by atoms with E-state index in [-0.39, 0.29) is 60.5 Å². The molecule has 3 aliphatic heterocycles. The molecule has 0 radical (unpaired) electrons. The maximum atomic E-state index is 13.6. The molecule has 10 nitrogen and oxygen atoms in total. The first-order chi connectivity index (χ1) is 26.0. The Bertz CT molecular complexity index is 1890. The molecule has 0 unspecified atom stereocenters. The van der Waals surface area contributed by atoms with E-state index in [1.165, 1.54) is 14.2 Å². The molecular weight excluding hydrogens is 681 g/mol. The summed E-state index contributed by atoms with van der Waals surface area (Å²) in [5.74, 6) is -1.42. The van der Waals surface area contributed by atoms with Gasteiger partial charge in [0.2, 0.25) is 11.8 Å². The van der Waals surface area contributed by atoms with Gasteiger partial charge < -0.3 is 24.3 Å². The normalized spacial score (nSPS) is 19.6. The van der Waals surface area contributed by atoms with Gasteiger partial charge in [-0.25, -0.2) is 0 Å². The van der Waals surface area contributed by atoms with Crippen LogP contribution in [0.3, 0.4) is 0 Å². The first-order valence-electron chi connectivity index (χ1n) is 19.4. The molecule has 1 aromatic heterocycles. The van der Waals surface area contributed by atoms with Gasteiger partial charge in [0.1, 0.15) is 0 Å². The van der Waals surface area contributed by atoms with E-state index in [4.69, 9.17) is 14.5 Å². The fourth-order valence-corrected chi connectivity index (χ4v) is 8.22. The number of H-pyrrole nitrogens is 1. The van der Waals surface area contributed by atoms with Crippen molar-refractivity contribution in [2.24, 2.45) is 28.7 Å². The minimum Gasteiger partial charge on any atom is -0.469 e. The number of carbonyl (C=O) groups is 4. The lowest BCUT2D eigenvalue weighted by atomic mass is 9.90. The standard InChI is InChI=1S/C44H54N4O6/c1-27(2)34(24-41(49)53-5)43(51)47-21-7-9-39(47)37-20-19-36(46-37)32-17-15-30(16-18-32)29-11-13-31(14-12-29)33-23-38(45-26-33)40-10-8-22-48(40)44(52)35(28(3)4)25-42(50)54-6/h11-20,26-28,34-35,39-40,46H,7-10,21-25H2,1-6H3/t34-,35-,39-,40-/m0/s1. The summed E-state index contributed by atoms with van der Waals surface area (Å²) in [6.07, 6.45) is 6.42. The molecule has 0 aliphatic carbocycles. The van der Waals surface area contributed by atoms with Crippen LogP contribution in [0.1, 0.15) is 89.9 Å². The molecule has 2 saturated heterocycles. The number of amides is 2. The van der Waals surface area contributed by atoms with Gasteiger partial charge in [0.15, 0.2) is 0 Å². The van der Waals surface area contributed by atoms with E-state index in [0.717, 1.165) is 70.6 Å². The van der Waals surface area contributed by atoms with Crippen LogP contribution in [0.25, 0.3) is 28.0 Å². The summed E-state index contributed by atoms with van der Waals surface area (Å²) in [6.45, 7) is 9.29. The second-order valence-corrected chi connectivity index (χ2v) is 15.6. The lowest BCUT2D eigenvalue weighted by Gasteiger charge is -2.30. The molecule has 1 N–H and O–H groups in total. The van der Waals surface area contributed by atoms with Crippen LogP contribution >= 0.6 is 0 Å². The van der Waals surface area contributed by atoms with Crippen LogP contribution in [0.5, 0.6) is 0 Å². The number of rotatable bonds is 13. The van der Waals surface area contributed by atoms with Crippen LogP contribution in [0, 0.1) is 23.7 Å². The van der Waals surface area contributed by atoms with Crippen LogP contribution in [0.2, 0.25) is 0 Å². The summed E-state index contributed by atoms with van der Waals surface area (Å²) in [4.78, 5) is 63.6. The lowest BCUT2D eigenvalue weighted by Crippen LogP contribution is -2.45. The van der Waals surface area contributed by atoms with E-state index in [2.05, 4.69) is 65.6 Å². The molecule has 3 aliphatic rings. The Labute approximate surface area is 319 Å². The zero-order valence-corrected chi connectivity index (χ0v) is 32.5. The SMILES string of the molecule is COC(=O)C[C@H](C(=O)N1CCC[C@H]1C1=NC=C(c2ccc(-c3ccc(-c4ccc([C@@H]5CCCN5C(=O)[C@@H](CC(=O)OC)C(C)C)[nH]4)cc3)cc2)C1)C(C)C. The number of nitrogens with zero attached hydrogens (tertiary/aromatic N) is 3. The van der Waals surface area contributed by atoms with Gasteiger partial charge in [-0.05, 0) is 77.5 Å². The molecule has 0 spiro atoms. The minimum absolute atomic E-state index is 0.0157. The highest BCUT2D eigenvalue weighted by Crippen LogP contribution is 2.37. The largest absolute Gasteiger partial charge is 0.469 e. The molecule has 3 aromatic rings. The van der Waals surface area contributed by atoms with Crippen molar-refractivity contribution in [3.8, 4) is 22.4 Å². The Hall–Kier alpha value is -4.99. The average Bonchev–Trinajstić information content (AvgIpc) is 4.02. The summed E-state index contributed by atoms with van der Waals surface area (Å²) in [6, 6.07) is 21.1. The van der Waals surface area contributed by atoms with Gasteiger partial charge in [-0.1, -0.05) is 76.2 Å². The molecule has 2 fully saturated rings. The molecular formula is C44H54N4O6. The van der Waals surface area contributed by atoms with Crippen molar-refractivity contribution in [3.05, 3.63) is 78.1 Å². The topological polar surface area (TPSA) is 121 Å². The number of allylic oxidation sites excluding steroid dienone is 1. The maximum absolute atomic E-state index is 13.6. The van der Waals surface area contributed by atoms with Crippen LogP contribution in [0.4, 0.5) is 0 Å². The molecule has 0 bridgehead atoms. The molecule has 2 aromatic carbocycles. The molecule has 6 rings (SSSR count). The van der Waals surface area contributed by atoms with E-state index in [9.17, 15) is 19.2 Å². The Kier molecular flexibility index (Phi) is 12.2. The highest BCUT2D eigenvalue weighted by molar-refractivity contribution is 6.03. The number of aliphatic imine (C=N–C) groups is 1. The number of aromatic amines is 1. The predicted molar refractivity (Wildman–Crippen MR) is 210 cm³/mol. The van der Waals surface area contributed by atoms with E-state index in [1.54, 1.807) is 0 Å². The summed E-state index contributed by atoms with van der Waals surface area (Å²) in [5, 5.41) is 0. The van der Waals surface area contributed by atoms with Gasteiger partial charge in [-0.3, -0.25) is 24.2 Å². The Balaban J connectivity index is 1.07. The number of hydrogen-bond acceptors (Lipinski definition) is 7. The Morgan fingerprint density at radius 1 is 0.685 bits per heavy atom.